The lowest BCUT2D eigenvalue weighted by molar-refractivity contribution is 0.133. The minimum absolute atomic E-state index is 0.0145. The standard InChI is InChI=1S/C54H58BN3/c1-51(2,3)35-20-22-36(23-21-35)56-43-18-12-15-40-48(43)55-49-41(52(40,4)5)16-13-19-44(49)57(45-29-33-27-34-26-32(33)28-38(34)45)47-31-37(30-46(56)50(47)55)58-42-17-9-8-14-39(42)53(6)24-10-11-25-54(53,58)7/h8-9,12-23,30-34,38,45H,10-11,24-29H2,1-7H3. The number of rotatable bonds is 3. The Morgan fingerprint density at radius 1 is 0.569 bits per heavy atom. The first-order chi connectivity index (χ1) is 27.9. The third-order valence-corrected chi connectivity index (χ3v) is 18.2. The predicted octanol–water partition coefficient (Wildman–Crippen LogP) is 11.6. The lowest BCUT2D eigenvalue weighted by Crippen LogP contribution is -2.68. The molecule has 58 heavy (non-hydrogen) atoms. The van der Waals surface area contributed by atoms with Crippen molar-refractivity contribution in [1.82, 2.24) is 0 Å². The molecule has 0 spiro atoms. The van der Waals surface area contributed by atoms with Crippen molar-refractivity contribution < 1.29 is 0 Å². The van der Waals surface area contributed by atoms with Gasteiger partial charge in [-0.1, -0.05) is 109 Å². The van der Waals surface area contributed by atoms with Crippen LogP contribution >= 0.6 is 0 Å². The van der Waals surface area contributed by atoms with Crippen molar-refractivity contribution in [2.45, 2.75) is 128 Å². The number of benzene rings is 5. The van der Waals surface area contributed by atoms with Gasteiger partial charge >= 0.3 is 0 Å². The molecule has 4 heteroatoms. The van der Waals surface area contributed by atoms with Crippen molar-refractivity contribution in [2.75, 3.05) is 14.7 Å². The van der Waals surface area contributed by atoms with Crippen LogP contribution in [-0.4, -0.2) is 18.3 Å². The zero-order valence-corrected chi connectivity index (χ0v) is 35.7. The van der Waals surface area contributed by atoms with Crippen LogP contribution in [0.5, 0.6) is 0 Å². The molecule has 5 aromatic carbocycles. The van der Waals surface area contributed by atoms with Crippen molar-refractivity contribution >= 4 is 62.9 Å². The molecule has 5 saturated carbocycles. The first kappa shape index (κ1) is 34.4. The lowest BCUT2D eigenvalue weighted by Gasteiger charge is -2.55. The van der Waals surface area contributed by atoms with Crippen LogP contribution in [0.25, 0.3) is 0 Å². The van der Waals surface area contributed by atoms with Gasteiger partial charge in [0.2, 0.25) is 0 Å². The van der Waals surface area contributed by atoms with Crippen molar-refractivity contribution in [3.63, 3.8) is 0 Å². The monoisotopic (exact) mass is 759 g/mol. The summed E-state index contributed by atoms with van der Waals surface area (Å²) in [7, 11) is 0. The quantitative estimate of drug-likeness (QED) is 0.166. The van der Waals surface area contributed by atoms with E-state index in [1.165, 1.54) is 119 Å². The zero-order chi connectivity index (χ0) is 39.2. The average Bonchev–Trinajstić information content (AvgIpc) is 3.85. The maximum atomic E-state index is 2.99. The number of anilines is 7. The summed E-state index contributed by atoms with van der Waals surface area (Å²) in [4.78, 5) is 8.54. The van der Waals surface area contributed by atoms with E-state index in [4.69, 9.17) is 0 Å². The Morgan fingerprint density at radius 3 is 1.91 bits per heavy atom. The largest absolute Gasteiger partial charge is 0.339 e. The highest BCUT2D eigenvalue weighted by Gasteiger charge is 2.60. The van der Waals surface area contributed by atoms with Gasteiger partial charge in [0, 0.05) is 56.7 Å². The van der Waals surface area contributed by atoms with E-state index >= 15 is 0 Å². The van der Waals surface area contributed by atoms with Gasteiger partial charge in [-0.2, -0.15) is 0 Å². The van der Waals surface area contributed by atoms with Crippen molar-refractivity contribution in [1.29, 1.82) is 0 Å². The summed E-state index contributed by atoms with van der Waals surface area (Å²) in [6, 6.07) is 39.7. The van der Waals surface area contributed by atoms with Crippen LogP contribution in [-0.2, 0) is 16.2 Å². The van der Waals surface area contributed by atoms with Crippen LogP contribution in [0.3, 0.4) is 0 Å². The van der Waals surface area contributed by atoms with Crippen LogP contribution < -0.4 is 31.1 Å². The van der Waals surface area contributed by atoms with Gasteiger partial charge in [-0.25, -0.2) is 0 Å². The fourth-order valence-corrected chi connectivity index (χ4v) is 15.3. The summed E-state index contributed by atoms with van der Waals surface area (Å²) < 4.78 is 0. The van der Waals surface area contributed by atoms with E-state index in [-0.39, 0.29) is 28.5 Å². The Hall–Kier alpha value is -4.44. The van der Waals surface area contributed by atoms with Gasteiger partial charge in [-0.15, -0.1) is 0 Å². The van der Waals surface area contributed by atoms with Crippen LogP contribution in [0.1, 0.15) is 122 Å². The second kappa shape index (κ2) is 11.0. The SMILES string of the molecule is CC(C)(C)c1ccc(N2c3cc(N4c5ccccc5C5(C)CCCCC45C)cc4c3B3c5c2cccc5C(C)(C)c2cccc(c23)N4C2CC3CC4CC3CC42)cc1. The van der Waals surface area contributed by atoms with Crippen molar-refractivity contribution in [2.24, 2.45) is 23.7 Å². The number of nitrogens with zero attached hydrogens (tertiary/aromatic N) is 3. The molecule has 0 N–H and O–H groups in total. The molecular weight excluding hydrogens is 701 g/mol. The van der Waals surface area contributed by atoms with Crippen LogP contribution in [0, 0.1) is 23.7 Å². The molecule has 292 valence electrons. The van der Waals surface area contributed by atoms with Crippen molar-refractivity contribution in [3.8, 4) is 0 Å². The molecule has 0 aromatic heterocycles. The number of hydrogen-bond donors (Lipinski definition) is 0. The maximum absolute atomic E-state index is 2.99. The Morgan fingerprint density at radius 2 is 1.21 bits per heavy atom. The maximum Gasteiger partial charge on any atom is 0.252 e. The summed E-state index contributed by atoms with van der Waals surface area (Å²) in [5.41, 5.74) is 20.4. The Labute approximate surface area is 346 Å². The third kappa shape index (κ3) is 4.04. The summed E-state index contributed by atoms with van der Waals surface area (Å²) in [5, 5.41) is 0. The fraction of sp³-hybridized carbons (Fsp3) is 0.444. The summed E-state index contributed by atoms with van der Waals surface area (Å²) in [6.07, 6.45) is 10.7. The Kier molecular flexibility index (Phi) is 6.55. The van der Waals surface area contributed by atoms with E-state index < -0.39 is 0 Å². The van der Waals surface area contributed by atoms with Gasteiger partial charge in [0.05, 0.1) is 5.54 Å². The molecule has 7 atom stereocenters. The summed E-state index contributed by atoms with van der Waals surface area (Å²) in [6.45, 7) is 17.4. The van der Waals surface area contributed by atoms with Crippen molar-refractivity contribution in [3.05, 3.63) is 119 Å². The summed E-state index contributed by atoms with van der Waals surface area (Å²) >= 11 is 0. The van der Waals surface area contributed by atoms with E-state index in [1.54, 1.807) is 11.0 Å². The lowest BCUT2D eigenvalue weighted by atomic mass is 9.28. The highest BCUT2D eigenvalue weighted by molar-refractivity contribution is 7.01. The average molecular weight is 760 g/mol. The van der Waals surface area contributed by atoms with Gasteiger partial charge in [0.25, 0.3) is 6.71 Å². The highest BCUT2D eigenvalue weighted by Crippen LogP contribution is 2.64. The van der Waals surface area contributed by atoms with Crippen LogP contribution in [0.4, 0.5) is 39.8 Å². The molecule has 4 aliphatic heterocycles. The number of hydrogen-bond acceptors (Lipinski definition) is 3. The van der Waals surface area contributed by atoms with E-state index in [0.29, 0.717) is 6.04 Å². The minimum atomic E-state index is -0.109. The molecule has 0 amide bonds. The molecule has 5 fully saturated rings. The van der Waals surface area contributed by atoms with Gasteiger partial charge < -0.3 is 14.7 Å². The molecule has 4 bridgehead atoms. The molecule has 4 heterocycles. The van der Waals surface area contributed by atoms with E-state index in [2.05, 4.69) is 160 Å². The van der Waals surface area contributed by atoms with E-state index in [1.807, 2.05) is 0 Å². The van der Waals surface area contributed by atoms with Gasteiger partial charge in [0.1, 0.15) is 0 Å². The summed E-state index contributed by atoms with van der Waals surface area (Å²) in [5.74, 6) is 3.50. The van der Waals surface area contributed by atoms with Gasteiger partial charge in [0.15, 0.2) is 0 Å². The van der Waals surface area contributed by atoms with E-state index in [0.717, 1.165) is 23.7 Å². The van der Waals surface area contributed by atoms with E-state index in [9.17, 15) is 0 Å². The second-order valence-electron chi connectivity index (χ2n) is 22.1. The highest BCUT2D eigenvalue weighted by atomic mass is 15.3. The third-order valence-electron chi connectivity index (χ3n) is 18.2. The smallest absolute Gasteiger partial charge is 0.252 e. The molecule has 7 unspecified atom stereocenters. The molecule has 5 aliphatic carbocycles. The molecule has 0 saturated heterocycles. The van der Waals surface area contributed by atoms with Gasteiger partial charge in [-0.05, 0) is 156 Å². The Balaban J connectivity index is 1.13. The molecule has 0 radical (unpaired) electrons. The zero-order valence-electron chi connectivity index (χ0n) is 35.7. The normalized spacial score (nSPS) is 31.1. The molecule has 3 nitrogen and oxygen atoms in total. The minimum Gasteiger partial charge on any atom is -0.339 e. The first-order valence-electron chi connectivity index (χ1n) is 22.9. The fourth-order valence-electron chi connectivity index (χ4n) is 15.3. The topological polar surface area (TPSA) is 9.72 Å². The number of fused-ring (bicyclic) bond motifs is 4. The molecule has 14 rings (SSSR count). The number of para-hydroxylation sites is 1. The molecule has 9 aliphatic rings. The molecule has 5 aromatic rings. The van der Waals surface area contributed by atoms with Gasteiger partial charge in [-0.3, -0.25) is 0 Å². The first-order valence-corrected chi connectivity index (χ1v) is 22.9. The molecular formula is C54H58BN3. The Bertz CT molecular complexity index is 2600. The van der Waals surface area contributed by atoms with Crippen LogP contribution in [0.15, 0.2) is 97.1 Å². The second-order valence-corrected chi connectivity index (χ2v) is 22.1. The predicted molar refractivity (Wildman–Crippen MR) is 244 cm³/mol. The van der Waals surface area contributed by atoms with Crippen LogP contribution in [0.2, 0.25) is 0 Å².